The molecule has 0 saturated carbocycles. The molecule has 2 aromatic carbocycles. The van der Waals surface area contributed by atoms with E-state index < -0.39 is 0 Å². The summed E-state index contributed by atoms with van der Waals surface area (Å²) in [7, 11) is 3.84. The van der Waals surface area contributed by atoms with Gasteiger partial charge in [0.25, 0.3) is 0 Å². The molecule has 0 saturated heterocycles. The highest BCUT2D eigenvalue weighted by atomic mass is 16.5. The van der Waals surface area contributed by atoms with E-state index in [1.165, 1.54) is 16.5 Å². The monoisotopic (exact) mass is 306 g/mol. The van der Waals surface area contributed by atoms with Gasteiger partial charge in [0.15, 0.2) is 0 Å². The van der Waals surface area contributed by atoms with E-state index in [4.69, 9.17) is 4.74 Å². The van der Waals surface area contributed by atoms with E-state index in [0.717, 1.165) is 24.4 Å². The van der Waals surface area contributed by atoms with Crippen LogP contribution in [-0.2, 0) is 6.54 Å². The maximum absolute atomic E-state index is 5.37. The number of nitrogens with one attached hydrogen (secondary N) is 1. The first kappa shape index (κ1) is 15.4. The third-order valence-corrected chi connectivity index (χ3v) is 3.97. The molecule has 0 aliphatic heterocycles. The average molecular weight is 306 g/mol. The van der Waals surface area contributed by atoms with Crippen molar-refractivity contribution in [2.24, 2.45) is 0 Å². The van der Waals surface area contributed by atoms with Crippen LogP contribution in [0.2, 0.25) is 0 Å². The molecule has 0 radical (unpaired) electrons. The van der Waals surface area contributed by atoms with E-state index in [1.807, 2.05) is 24.4 Å². The minimum Gasteiger partial charge on any atom is -0.496 e. The van der Waals surface area contributed by atoms with Crippen LogP contribution in [0.4, 0.5) is 0 Å². The quantitative estimate of drug-likeness (QED) is 0.734. The zero-order valence-electron chi connectivity index (χ0n) is 13.6. The summed E-state index contributed by atoms with van der Waals surface area (Å²) in [6.45, 7) is 1.79. The molecule has 3 rings (SSSR count). The second-order valence-electron chi connectivity index (χ2n) is 5.70. The largest absolute Gasteiger partial charge is 0.496 e. The van der Waals surface area contributed by atoms with Crippen molar-refractivity contribution in [3.63, 3.8) is 0 Å². The Morgan fingerprint density at radius 1 is 1.09 bits per heavy atom. The first-order valence-electron chi connectivity index (χ1n) is 7.81. The van der Waals surface area contributed by atoms with E-state index in [2.05, 4.69) is 59.4 Å². The lowest BCUT2D eigenvalue weighted by Crippen LogP contribution is -2.17. The number of rotatable bonds is 6. The number of nitrogens with zero attached hydrogens (tertiary/aromatic N) is 1. The van der Waals surface area contributed by atoms with Gasteiger partial charge < -0.3 is 9.72 Å². The van der Waals surface area contributed by atoms with Crippen molar-refractivity contribution in [3.05, 3.63) is 71.9 Å². The average Bonchev–Trinajstić information content (AvgIpc) is 3.05. The number of likely N-dealkylation sites (N-methyl/N-ethyl adjacent to an activating group) is 1. The molecule has 3 aromatic rings. The van der Waals surface area contributed by atoms with E-state index in [0.29, 0.717) is 0 Å². The van der Waals surface area contributed by atoms with Gasteiger partial charge in [0.05, 0.1) is 7.11 Å². The number of hydrogen-bond acceptors (Lipinski definition) is 2. The lowest BCUT2D eigenvalue weighted by atomic mass is 10.1. The van der Waals surface area contributed by atoms with Crippen molar-refractivity contribution in [1.29, 1.82) is 0 Å². The summed E-state index contributed by atoms with van der Waals surface area (Å²) in [6, 6.07) is 16.6. The van der Waals surface area contributed by atoms with Crippen LogP contribution in [-0.4, -0.2) is 30.6 Å². The number of methoxy groups -OCH3 is 1. The van der Waals surface area contributed by atoms with Gasteiger partial charge in [0.2, 0.25) is 0 Å². The summed E-state index contributed by atoms with van der Waals surface area (Å²) in [6.07, 6.45) is 6.28. The molecule has 0 unspecified atom stereocenters. The highest BCUT2D eigenvalue weighted by Gasteiger charge is 2.04. The molecular weight excluding hydrogens is 284 g/mol. The Balaban J connectivity index is 1.64. The molecule has 3 nitrogen and oxygen atoms in total. The number of benzene rings is 2. The maximum atomic E-state index is 5.37. The van der Waals surface area contributed by atoms with Gasteiger partial charge in [-0.25, -0.2) is 0 Å². The van der Waals surface area contributed by atoms with Crippen LogP contribution >= 0.6 is 0 Å². The number of aromatic nitrogens is 1. The van der Waals surface area contributed by atoms with Gasteiger partial charge >= 0.3 is 0 Å². The third kappa shape index (κ3) is 3.63. The van der Waals surface area contributed by atoms with Crippen molar-refractivity contribution in [2.45, 2.75) is 6.54 Å². The van der Waals surface area contributed by atoms with Crippen LogP contribution in [0.25, 0.3) is 17.0 Å². The zero-order valence-corrected chi connectivity index (χ0v) is 13.6. The lowest BCUT2D eigenvalue weighted by Gasteiger charge is -2.15. The van der Waals surface area contributed by atoms with Crippen molar-refractivity contribution in [3.8, 4) is 5.75 Å². The summed E-state index contributed by atoms with van der Waals surface area (Å²) in [5.41, 5.74) is 3.66. The van der Waals surface area contributed by atoms with Crippen LogP contribution in [0.5, 0.6) is 5.75 Å². The zero-order chi connectivity index (χ0) is 16.1. The number of aromatic amines is 1. The molecule has 0 atom stereocenters. The third-order valence-electron chi connectivity index (χ3n) is 3.97. The van der Waals surface area contributed by atoms with Gasteiger partial charge in [0.1, 0.15) is 5.75 Å². The smallest absolute Gasteiger partial charge is 0.126 e. The Morgan fingerprint density at radius 3 is 2.83 bits per heavy atom. The number of para-hydroxylation sites is 2. The predicted octanol–water partition coefficient (Wildman–Crippen LogP) is 4.32. The summed E-state index contributed by atoms with van der Waals surface area (Å²) in [4.78, 5) is 5.62. The molecule has 0 amide bonds. The highest BCUT2D eigenvalue weighted by Crippen LogP contribution is 2.20. The standard InChI is InChI=1S/C20H22N2O/c1-22(14-6-10-16-7-3-4-11-19(16)23-2)15-18-9-5-8-17-12-13-21-20(17)18/h3-13,21H,14-15H2,1-2H3/b10-6+. The van der Waals surface area contributed by atoms with Gasteiger partial charge in [-0.05, 0) is 30.1 Å². The second-order valence-corrected chi connectivity index (χ2v) is 5.70. The molecule has 1 N–H and O–H groups in total. The van der Waals surface area contributed by atoms with E-state index in [1.54, 1.807) is 7.11 Å². The number of hydrogen-bond donors (Lipinski definition) is 1. The molecule has 0 aliphatic carbocycles. The SMILES string of the molecule is COc1ccccc1/C=C/CN(C)Cc1cccc2cc[nH]c12. The Morgan fingerprint density at radius 2 is 1.96 bits per heavy atom. The Labute approximate surface area is 137 Å². The summed E-state index contributed by atoms with van der Waals surface area (Å²) < 4.78 is 5.37. The van der Waals surface area contributed by atoms with Crippen LogP contribution in [0.15, 0.2) is 60.8 Å². The molecular formula is C20H22N2O. The maximum Gasteiger partial charge on any atom is 0.126 e. The van der Waals surface area contributed by atoms with Crippen molar-refractivity contribution >= 4 is 17.0 Å². The normalized spacial score (nSPS) is 11.6. The molecule has 23 heavy (non-hydrogen) atoms. The molecule has 0 bridgehead atoms. The van der Waals surface area contributed by atoms with E-state index >= 15 is 0 Å². The van der Waals surface area contributed by atoms with Gasteiger partial charge in [-0.2, -0.15) is 0 Å². The fourth-order valence-corrected chi connectivity index (χ4v) is 2.80. The van der Waals surface area contributed by atoms with E-state index in [-0.39, 0.29) is 0 Å². The topological polar surface area (TPSA) is 28.3 Å². The minimum absolute atomic E-state index is 0.884. The van der Waals surface area contributed by atoms with Crippen LogP contribution < -0.4 is 4.74 Å². The number of fused-ring (bicyclic) bond motifs is 1. The van der Waals surface area contributed by atoms with Gasteiger partial charge in [-0.15, -0.1) is 0 Å². The van der Waals surface area contributed by atoms with Gasteiger partial charge in [-0.3, -0.25) is 4.90 Å². The van der Waals surface area contributed by atoms with Crippen molar-refractivity contribution in [2.75, 3.05) is 20.7 Å². The Bertz CT molecular complexity index is 804. The molecule has 1 aromatic heterocycles. The second kappa shape index (κ2) is 7.16. The number of H-pyrrole nitrogens is 1. The lowest BCUT2D eigenvalue weighted by molar-refractivity contribution is 0.365. The number of ether oxygens (including phenoxy) is 1. The highest BCUT2D eigenvalue weighted by molar-refractivity contribution is 5.82. The molecule has 0 spiro atoms. The molecule has 1 heterocycles. The molecule has 3 heteroatoms. The first-order valence-corrected chi connectivity index (χ1v) is 7.81. The summed E-state index contributed by atoms with van der Waals surface area (Å²) >= 11 is 0. The van der Waals surface area contributed by atoms with Crippen LogP contribution in [0, 0.1) is 0 Å². The molecule has 0 fully saturated rings. The van der Waals surface area contributed by atoms with Gasteiger partial charge in [-0.1, -0.05) is 48.6 Å². The van der Waals surface area contributed by atoms with Crippen LogP contribution in [0.1, 0.15) is 11.1 Å². The fraction of sp³-hybridized carbons (Fsp3) is 0.200. The fourth-order valence-electron chi connectivity index (χ4n) is 2.80. The summed E-state index contributed by atoms with van der Waals surface area (Å²) in [5.74, 6) is 0.905. The minimum atomic E-state index is 0.884. The van der Waals surface area contributed by atoms with Crippen LogP contribution in [0.3, 0.4) is 0 Å². The van der Waals surface area contributed by atoms with Crippen molar-refractivity contribution in [1.82, 2.24) is 9.88 Å². The Hall–Kier alpha value is -2.52. The predicted molar refractivity (Wildman–Crippen MR) is 96.7 cm³/mol. The first-order chi connectivity index (χ1) is 11.3. The Kier molecular flexibility index (Phi) is 4.79. The van der Waals surface area contributed by atoms with E-state index in [9.17, 15) is 0 Å². The van der Waals surface area contributed by atoms with Gasteiger partial charge in [0, 0.05) is 30.4 Å². The van der Waals surface area contributed by atoms with Crippen molar-refractivity contribution < 1.29 is 4.74 Å². The summed E-state index contributed by atoms with van der Waals surface area (Å²) in [5, 5.41) is 1.26. The molecule has 118 valence electrons. The molecule has 0 aliphatic rings.